The quantitative estimate of drug-likeness (QED) is 0.557. The Morgan fingerprint density at radius 2 is 2.06 bits per heavy atom. The highest BCUT2D eigenvalue weighted by Crippen LogP contribution is 2.21. The predicted octanol–water partition coefficient (Wildman–Crippen LogP) is 3.89. The second-order valence-corrected chi connectivity index (χ2v) is 5.02. The molecule has 1 aromatic carbocycles. The van der Waals surface area contributed by atoms with Gasteiger partial charge in [0.2, 0.25) is 0 Å². The maximum absolute atomic E-state index is 6.24. The molecule has 0 aliphatic heterocycles. The van der Waals surface area contributed by atoms with E-state index in [1.807, 2.05) is 6.08 Å². The standard InChI is InChI=1S/C16H26N2/c1-4-5-6-7-8-12-16(17)14-10-9-11-15(13-14)18(2)3/h4,9-11,13,16H,1,5-8,12,17H2,2-3H3. The Labute approximate surface area is 111 Å². The molecular formula is C16H26N2. The normalized spacial score (nSPS) is 12.2. The number of nitrogens with zero attached hydrogens (tertiary/aromatic N) is 1. The van der Waals surface area contributed by atoms with Crippen molar-refractivity contribution in [3.63, 3.8) is 0 Å². The number of benzene rings is 1. The highest BCUT2D eigenvalue weighted by atomic mass is 15.1. The number of allylic oxidation sites excluding steroid dienone is 1. The summed E-state index contributed by atoms with van der Waals surface area (Å²) in [6, 6.07) is 8.67. The minimum Gasteiger partial charge on any atom is -0.378 e. The van der Waals surface area contributed by atoms with Crippen molar-refractivity contribution < 1.29 is 0 Å². The molecule has 2 heteroatoms. The molecule has 0 heterocycles. The van der Waals surface area contributed by atoms with Gasteiger partial charge in [-0.3, -0.25) is 0 Å². The van der Waals surface area contributed by atoms with Crippen LogP contribution in [0.25, 0.3) is 0 Å². The van der Waals surface area contributed by atoms with Crippen LogP contribution in [-0.4, -0.2) is 14.1 Å². The molecule has 100 valence electrons. The van der Waals surface area contributed by atoms with Gasteiger partial charge in [0.25, 0.3) is 0 Å². The topological polar surface area (TPSA) is 29.3 Å². The molecule has 0 aliphatic rings. The van der Waals surface area contributed by atoms with Crippen LogP contribution in [0.15, 0.2) is 36.9 Å². The summed E-state index contributed by atoms with van der Waals surface area (Å²) >= 11 is 0. The Bertz CT molecular complexity index is 358. The fraction of sp³-hybridized carbons (Fsp3) is 0.500. The maximum Gasteiger partial charge on any atom is 0.0364 e. The van der Waals surface area contributed by atoms with E-state index in [4.69, 9.17) is 5.73 Å². The first-order valence-corrected chi connectivity index (χ1v) is 6.79. The molecule has 0 saturated heterocycles. The van der Waals surface area contributed by atoms with Gasteiger partial charge in [-0.1, -0.05) is 31.1 Å². The molecule has 2 N–H and O–H groups in total. The highest BCUT2D eigenvalue weighted by Gasteiger charge is 2.06. The molecule has 0 bridgehead atoms. The summed E-state index contributed by atoms with van der Waals surface area (Å²) in [6.45, 7) is 3.74. The zero-order valence-corrected chi connectivity index (χ0v) is 11.7. The molecule has 0 amide bonds. The van der Waals surface area contributed by atoms with Crippen molar-refractivity contribution in [2.45, 2.75) is 38.1 Å². The van der Waals surface area contributed by atoms with Gasteiger partial charge in [0.1, 0.15) is 0 Å². The van der Waals surface area contributed by atoms with Crippen LogP contribution in [0.2, 0.25) is 0 Å². The summed E-state index contributed by atoms with van der Waals surface area (Å²) in [5.74, 6) is 0. The number of anilines is 1. The van der Waals surface area contributed by atoms with Gasteiger partial charge in [0.05, 0.1) is 0 Å². The van der Waals surface area contributed by atoms with Gasteiger partial charge >= 0.3 is 0 Å². The molecule has 0 radical (unpaired) electrons. The summed E-state index contributed by atoms with van der Waals surface area (Å²) < 4.78 is 0. The Morgan fingerprint density at radius 1 is 1.28 bits per heavy atom. The van der Waals surface area contributed by atoms with E-state index in [1.54, 1.807) is 0 Å². The largest absolute Gasteiger partial charge is 0.378 e. The van der Waals surface area contributed by atoms with Crippen LogP contribution in [0.4, 0.5) is 5.69 Å². The zero-order valence-electron chi connectivity index (χ0n) is 11.7. The minimum atomic E-state index is 0.161. The number of unbranched alkanes of at least 4 members (excludes halogenated alkanes) is 3. The predicted molar refractivity (Wildman–Crippen MR) is 81.0 cm³/mol. The van der Waals surface area contributed by atoms with Crippen molar-refractivity contribution in [3.05, 3.63) is 42.5 Å². The summed E-state index contributed by atoms with van der Waals surface area (Å²) in [6.07, 6.45) is 7.84. The van der Waals surface area contributed by atoms with Crippen molar-refractivity contribution in [2.75, 3.05) is 19.0 Å². The van der Waals surface area contributed by atoms with E-state index in [0.717, 1.165) is 12.8 Å². The lowest BCUT2D eigenvalue weighted by Gasteiger charge is -2.17. The first-order valence-electron chi connectivity index (χ1n) is 6.79. The van der Waals surface area contributed by atoms with Crippen LogP contribution in [0.5, 0.6) is 0 Å². The van der Waals surface area contributed by atoms with Crippen LogP contribution in [-0.2, 0) is 0 Å². The van der Waals surface area contributed by atoms with Crippen molar-refractivity contribution in [2.24, 2.45) is 5.73 Å². The summed E-state index contributed by atoms with van der Waals surface area (Å²) in [5.41, 5.74) is 8.70. The molecule has 1 atom stereocenters. The molecule has 1 aromatic rings. The van der Waals surface area contributed by atoms with Crippen molar-refractivity contribution in [3.8, 4) is 0 Å². The SMILES string of the molecule is C=CCCCCCC(N)c1cccc(N(C)C)c1. The Hall–Kier alpha value is -1.28. The third-order valence-electron chi connectivity index (χ3n) is 3.24. The van der Waals surface area contributed by atoms with Gasteiger partial charge in [0, 0.05) is 25.8 Å². The van der Waals surface area contributed by atoms with E-state index in [9.17, 15) is 0 Å². The summed E-state index contributed by atoms with van der Waals surface area (Å²) in [5, 5.41) is 0. The van der Waals surface area contributed by atoms with E-state index in [0.29, 0.717) is 0 Å². The second kappa shape index (κ2) is 7.93. The molecule has 0 saturated carbocycles. The van der Waals surface area contributed by atoms with Gasteiger partial charge in [-0.05, 0) is 37.0 Å². The van der Waals surface area contributed by atoms with Gasteiger partial charge in [-0.15, -0.1) is 6.58 Å². The van der Waals surface area contributed by atoms with E-state index in [1.165, 1.54) is 30.5 Å². The molecule has 0 aromatic heterocycles. The van der Waals surface area contributed by atoms with Crippen molar-refractivity contribution >= 4 is 5.69 Å². The van der Waals surface area contributed by atoms with Gasteiger partial charge in [-0.25, -0.2) is 0 Å². The monoisotopic (exact) mass is 246 g/mol. The Balaban J connectivity index is 2.43. The number of rotatable bonds is 8. The molecule has 1 unspecified atom stereocenters. The average molecular weight is 246 g/mol. The third-order valence-corrected chi connectivity index (χ3v) is 3.24. The fourth-order valence-corrected chi connectivity index (χ4v) is 2.03. The summed E-state index contributed by atoms with van der Waals surface area (Å²) in [4.78, 5) is 2.11. The molecule has 1 rings (SSSR count). The first kappa shape index (κ1) is 14.8. The number of hydrogen-bond donors (Lipinski definition) is 1. The molecule has 2 nitrogen and oxygen atoms in total. The lowest BCUT2D eigenvalue weighted by molar-refractivity contribution is 0.572. The van der Waals surface area contributed by atoms with Crippen LogP contribution < -0.4 is 10.6 Å². The molecule has 0 fully saturated rings. The maximum atomic E-state index is 6.24. The third kappa shape index (κ3) is 4.92. The van der Waals surface area contributed by atoms with Crippen molar-refractivity contribution in [1.82, 2.24) is 0 Å². The van der Waals surface area contributed by atoms with Gasteiger partial charge < -0.3 is 10.6 Å². The van der Waals surface area contributed by atoms with Crippen molar-refractivity contribution in [1.29, 1.82) is 0 Å². The minimum absolute atomic E-state index is 0.161. The summed E-state index contributed by atoms with van der Waals surface area (Å²) in [7, 11) is 4.11. The number of nitrogens with two attached hydrogens (primary N) is 1. The second-order valence-electron chi connectivity index (χ2n) is 5.02. The Kier molecular flexibility index (Phi) is 6.51. The lowest BCUT2D eigenvalue weighted by atomic mass is 10.0. The van der Waals surface area contributed by atoms with Gasteiger partial charge in [0.15, 0.2) is 0 Å². The van der Waals surface area contributed by atoms with E-state index < -0.39 is 0 Å². The molecule has 18 heavy (non-hydrogen) atoms. The lowest BCUT2D eigenvalue weighted by Crippen LogP contribution is -2.13. The average Bonchev–Trinajstić information content (AvgIpc) is 2.38. The smallest absolute Gasteiger partial charge is 0.0364 e. The number of hydrogen-bond acceptors (Lipinski definition) is 2. The van der Waals surface area contributed by atoms with Crippen LogP contribution >= 0.6 is 0 Å². The van der Waals surface area contributed by atoms with E-state index in [2.05, 4.69) is 49.8 Å². The van der Waals surface area contributed by atoms with Crippen LogP contribution in [0, 0.1) is 0 Å². The molecule has 0 aliphatic carbocycles. The molecular weight excluding hydrogens is 220 g/mol. The first-order chi connectivity index (χ1) is 8.65. The van der Waals surface area contributed by atoms with E-state index >= 15 is 0 Å². The van der Waals surface area contributed by atoms with Crippen LogP contribution in [0.1, 0.15) is 43.7 Å². The van der Waals surface area contributed by atoms with E-state index in [-0.39, 0.29) is 6.04 Å². The molecule has 0 spiro atoms. The fourth-order valence-electron chi connectivity index (χ4n) is 2.03. The van der Waals surface area contributed by atoms with Gasteiger partial charge in [-0.2, -0.15) is 0 Å². The zero-order chi connectivity index (χ0) is 13.4. The Morgan fingerprint density at radius 3 is 2.72 bits per heavy atom. The highest BCUT2D eigenvalue weighted by molar-refractivity contribution is 5.47. The van der Waals surface area contributed by atoms with Crippen LogP contribution in [0.3, 0.4) is 0 Å².